The number of carbonyl (C=O) groups excluding carboxylic acids is 1. The molecule has 2 aromatic heterocycles. The molecule has 168 valence electrons. The molecule has 0 spiro atoms. The summed E-state index contributed by atoms with van der Waals surface area (Å²) in [6.45, 7) is 2.32. The van der Waals surface area contributed by atoms with E-state index in [1.807, 2.05) is 23.6 Å². The normalized spacial score (nSPS) is 22.4. The highest BCUT2D eigenvalue weighted by Gasteiger charge is 2.43. The quantitative estimate of drug-likeness (QED) is 0.709. The fourth-order valence-corrected chi connectivity index (χ4v) is 4.13. The topological polar surface area (TPSA) is 105 Å². The Morgan fingerprint density at radius 2 is 1.97 bits per heavy atom. The number of ether oxygens (including phenoxy) is 1. The Labute approximate surface area is 180 Å². The van der Waals surface area contributed by atoms with Crippen LogP contribution in [0.3, 0.4) is 0 Å². The molecule has 4 rings (SSSR count). The van der Waals surface area contributed by atoms with Crippen LogP contribution in [0.15, 0.2) is 36.0 Å². The van der Waals surface area contributed by atoms with Gasteiger partial charge in [-0.2, -0.15) is 13.2 Å². The summed E-state index contributed by atoms with van der Waals surface area (Å²) in [6, 6.07) is 5.85. The van der Waals surface area contributed by atoms with Gasteiger partial charge in [-0.1, -0.05) is 6.07 Å². The maximum absolute atomic E-state index is 12.1. The van der Waals surface area contributed by atoms with Gasteiger partial charge in [0.2, 0.25) is 11.9 Å². The molecule has 0 aromatic carbocycles. The van der Waals surface area contributed by atoms with Gasteiger partial charge in [0.1, 0.15) is 0 Å². The molecule has 2 aliphatic heterocycles. The lowest BCUT2D eigenvalue weighted by Gasteiger charge is -2.18. The molecule has 0 bridgehead atoms. The second kappa shape index (κ2) is 10.1. The van der Waals surface area contributed by atoms with Crippen LogP contribution in [0.1, 0.15) is 17.7 Å². The Balaban J connectivity index is 0.000000339. The number of aromatic nitrogens is 2. The van der Waals surface area contributed by atoms with Crippen LogP contribution in [-0.2, 0) is 20.9 Å². The van der Waals surface area contributed by atoms with Gasteiger partial charge in [0.25, 0.3) is 0 Å². The summed E-state index contributed by atoms with van der Waals surface area (Å²) in [4.78, 5) is 32.9. The third kappa shape index (κ3) is 6.62. The number of nitrogens with zero attached hydrogens (tertiary/aromatic N) is 3. The van der Waals surface area contributed by atoms with E-state index < -0.39 is 12.1 Å². The Bertz CT molecular complexity index is 853. The lowest BCUT2D eigenvalue weighted by Crippen LogP contribution is -2.29. The zero-order valence-corrected chi connectivity index (χ0v) is 17.1. The molecule has 8 nitrogen and oxygen atoms in total. The van der Waals surface area contributed by atoms with Crippen LogP contribution in [0.2, 0.25) is 0 Å². The molecule has 3 atom stereocenters. The SMILES string of the molecule is O=C(C[C@@H]1C[C@H]2CN(c3ncccn3)C[C@H]2O1)NCc1cccs1.O=C(O)C(F)(F)F. The predicted molar refractivity (Wildman–Crippen MR) is 105 cm³/mol. The third-order valence-corrected chi connectivity index (χ3v) is 5.72. The molecule has 2 fully saturated rings. The van der Waals surface area contributed by atoms with E-state index in [1.165, 1.54) is 4.88 Å². The Morgan fingerprint density at radius 3 is 2.55 bits per heavy atom. The number of hydrogen-bond acceptors (Lipinski definition) is 7. The lowest BCUT2D eigenvalue weighted by atomic mass is 10.0. The number of halogens is 3. The van der Waals surface area contributed by atoms with E-state index in [0.29, 0.717) is 18.9 Å². The van der Waals surface area contributed by atoms with Crippen molar-refractivity contribution < 1.29 is 32.6 Å². The molecule has 2 aliphatic rings. The van der Waals surface area contributed by atoms with Gasteiger partial charge in [-0.3, -0.25) is 4.79 Å². The van der Waals surface area contributed by atoms with Crippen LogP contribution in [0.4, 0.5) is 19.1 Å². The molecular formula is C19H21F3N4O4S. The van der Waals surface area contributed by atoms with Gasteiger partial charge in [0.15, 0.2) is 0 Å². The van der Waals surface area contributed by atoms with Crippen molar-refractivity contribution in [3.05, 3.63) is 40.8 Å². The highest BCUT2D eigenvalue weighted by atomic mass is 32.1. The van der Waals surface area contributed by atoms with Crippen LogP contribution < -0.4 is 10.2 Å². The first-order valence-corrected chi connectivity index (χ1v) is 10.4. The Morgan fingerprint density at radius 1 is 1.26 bits per heavy atom. The van der Waals surface area contributed by atoms with E-state index >= 15 is 0 Å². The summed E-state index contributed by atoms with van der Waals surface area (Å²) in [5.74, 6) is -1.46. The van der Waals surface area contributed by atoms with E-state index in [4.69, 9.17) is 14.6 Å². The predicted octanol–water partition coefficient (Wildman–Crippen LogP) is 2.47. The van der Waals surface area contributed by atoms with Crippen molar-refractivity contribution in [3.8, 4) is 0 Å². The van der Waals surface area contributed by atoms with Crippen molar-refractivity contribution in [3.63, 3.8) is 0 Å². The summed E-state index contributed by atoms with van der Waals surface area (Å²) in [5.41, 5.74) is 0. The highest BCUT2D eigenvalue weighted by Crippen LogP contribution is 2.35. The highest BCUT2D eigenvalue weighted by molar-refractivity contribution is 7.09. The summed E-state index contributed by atoms with van der Waals surface area (Å²) >= 11 is 1.66. The Kier molecular flexibility index (Phi) is 7.44. The monoisotopic (exact) mass is 458 g/mol. The fraction of sp³-hybridized carbons (Fsp3) is 0.474. The summed E-state index contributed by atoms with van der Waals surface area (Å²) in [6.07, 6.45) is 0.0301. The first-order valence-electron chi connectivity index (χ1n) is 9.49. The molecule has 2 aromatic rings. The minimum absolute atomic E-state index is 0.0298. The number of hydrogen-bond donors (Lipinski definition) is 2. The maximum atomic E-state index is 12.1. The maximum Gasteiger partial charge on any atom is 0.490 e. The number of carboxylic acid groups (broad SMARTS) is 1. The van der Waals surface area contributed by atoms with E-state index in [-0.39, 0.29) is 18.1 Å². The zero-order valence-electron chi connectivity index (χ0n) is 16.3. The molecule has 12 heteroatoms. The molecule has 0 unspecified atom stereocenters. The number of rotatable bonds is 5. The second-order valence-corrected chi connectivity index (χ2v) is 8.14. The van der Waals surface area contributed by atoms with Gasteiger partial charge in [-0.25, -0.2) is 14.8 Å². The summed E-state index contributed by atoms with van der Waals surface area (Å²) in [7, 11) is 0. The molecule has 2 saturated heterocycles. The van der Waals surface area contributed by atoms with Gasteiger partial charge in [0.05, 0.1) is 25.2 Å². The smallest absolute Gasteiger partial charge is 0.475 e. The fourth-order valence-electron chi connectivity index (χ4n) is 3.49. The van der Waals surface area contributed by atoms with E-state index in [1.54, 1.807) is 23.7 Å². The van der Waals surface area contributed by atoms with Crippen LogP contribution >= 0.6 is 11.3 Å². The van der Waals surface area contributed by atoms with Crippen LogP contribution in [-0.4, -0.2) is 58.4 Å². The minimum Gasteiger partial charge on any atom is -0.475 e. The van der Waals surface area contributed by atoms with Gasteiger partial charge in [-0.15, -0.1) is 11.3 Å². The molecule has 31 heavy (non-hydrogen) atoms. The molecule has 0 aliphatic carbocycles. The van der Waals surface area contributed by atoms with Crippen LogP contribution in [0.5, 0.6) is 0 Å². The number of nitrogens with one attached hydrogen (secondary N) is 1. The zero-order chi connectivity index (χ0) is 22.4. The Hall–Kier alpha value is -2.73. The minimum atomic E-state index is -5.08. The lowest BCUT2D eigenvalue weighted by molar-refractivity contribution is -0.192. The number of amides is 1. The first-order chi connectivity index (χ1) is 14.7. The van der Waals surface area contributed by atoms with Gasteiger partial charge in [0, 0.05) is 36.3 Å². The van der Waals surface area contributed by atoms with Gasteiger partial charge < -0.3 is 20.1 Å². The van der Waals surface area contributed by atoms with E-state index in [2.05, 4.69) is 20.2 Å². The van der Waals surface area contributed by atoms with E-state index in [9.17, 15) is 18.0 Å². The molecular weight excluding hydrogens is 437 g/mol. The van der Waals surface area contributed by atoms with Crippen molar-refractivity contribution in [2.75, 3.05) is 18.0 Å². The number of fused-ring (bicyclic) bond motifs is 1. The summed E-state index contributed by atoms with van der Waals surface area (Å²) < 4.78 is 37.8. The number of alkyl halides is 3. The van der Waals surface area contributed by atoms with Gasteiger partial charge in [-0.05, 0) is 23.9 Å². The van der Waals surface area contributed by atoms with Crippen LogP contribution in [0.25, 0.3) is 0 Å². The van der Waals surface area contributed by atoms with Crippen LogP contribution in [0, 0.1) is 5.92 Å². The number of thiophene rings is 1. The van der Waals surface area contributed by atoms with E-state index in [0.717, 1.165) is 25.5 Å². The molecule has 2 N–H and O–H groups in total. The number of carboxylic acids is 1. The third-order valence-electron chi connectivity index (χ3n) is 4.84. The number of carbonyl (C=O) groups is 2. The standard InChI is InChI=1S/C17H20N4O2S.C2HF3O2/c22-16(20-9-14-3-1-6-24-14)8-13-7-12-10-21(11-15(12)23-13)17-18-4-2-5-19-17;3-2(4,5)1(6)7/h1-6,12-13,15H,7-11H2,(H,20,22);(H,6,7)/t12-,13-,15+;/m0./s1. The van der Waals surface area contributed by atoms with Crippen molar-refractivity contribution >= 4 is 29.2 Å². The van der Waals surface area contributed by atoms with Crippen molar-refractivity contribution in [1.29, 1.82) is 0 Å². The largest absolute Gasteiger partial charge is 0.490 e. The average molecular weight is 458 g/mol. The van der Waals surface area contributed by atoms with Crippen molar-refractivity contribution in [2.24, 2.45) is 5.92 Å². The molecule has 1 amide bonds. The molecule has 0 saturated carbocycles. The number of anilines is 1. The molecule has 4 heterocycles. The van der Waals surface area contributed by atoms with Crippen molar-refractivity contribution in [1.82, 2.24) is 15.3 Å². The summed E-state index contributed by atoms with van der Waals surface area (Å²) in [5, 5.41) is 12.1. The van der Waals surface area contributed by atoms with Crippen molar-refractivity contribution in [2.45, 2.75) is 37.8 Å². The second-order valence-electron chi connectivity index (χ2n) is 7.11. The number of aliphatic carboxylic acids is 1. The average Bonchev–Trinajstić information content (AvgIpc) is 3.43. The van der Waals surface area contributed by atoms with Gasteiger partial charge >= 0.3 is 12.1 Å². The first kappa shape index (κ1) is 22.9. The molecule has 0 radical (unpaired) electrons.